The van der Waals surface area contributed by atoms with Gasteiger partial charge in [-0.05, 0) is 22.4 Å². The molecule has 1 saturated heterocycles. The molecule has 0 unspecified atom stereocenters. The van der Waals surface area contributed by atoms with Crippen molar-refractivity contribution in [3.8, 4) is 0 Å². The Morgan fingerprint density at radius 3 is 2.33 bits per heavy atom. The molecular weight excluding hydrogens is 260 g/mol. The maximum absolute atomic E-state index is 12.3. The minimum Gasteiger partial charge on any atom is -0.356 e. The summed E-state index contributed by atoms with van der Waals surface area (Å²) >= 11 is 0. The molecule has 1 aliphatic heterocycles. The molecule has 2 heteroatoms. The molecule has 2 atom stereocenters. The Morgan fingerprint density at radius 2 is 1.52 bits per heavy atom. The quantitative estimate of drug-likeness (QED) is 0.530. The van der Waals surface area contributed by atoms with Gasteiger partial charge in [-0.15, -0.1) is 0 Å². The van der Waals surface area contributed by atoms with Gasteiger partial charge >= 0.3 is 0 Å². The van der Waals surface area contributed by atoms with Gasteiger partial charge in [-0.3, -0.25) is 4.79 Å². The molecule has 0 N–H and O–H groups in total. The van der Waals surface area contributed by atoms with Crippen molar-refractivity contribution in [1.29, 1.82) is 0 Å². The van der Waals surface area contributed by atoms with Crippen LogP contribution in [0.25, 0.3) is 10.8 Å². The number of hydrogen-bond donors (Lipinski definition) is 0. The second-order valence-electron chi connectivity index (χ2n) is 5.31. The second-order valence-corrected chi connectivity index (χ2v) is 5.31. The highest BCUT2D eigenvalue weighted by Crippen LogP contribution is 2.41. The van der Waals surface area contributed by atoms with Crippen molar-refractivity contribution in [3.05, 3.63) is 83.9 Å². The predicted octanol–water partition coefficient (Wildman–Crippen LogP) is 4.16. The van der Waals surface area contributed by atoms with Crippen LogP contribution in [-0.2, 0) is 4.74 Å². The third kappa shape index (κ3) is 2.24. The molecule has 4 rings (SSSR count). The van der Waals surface area contributed by atoms with E-state index in [1.165, 1.54) is 10.8 Å². The lowest BCUT2D eigenvalue weighted by molar-refractivity contribution is 0.0953. The first kappa shape index (κ1) is 12.3. The molecule has 0 radical (unpaired) electrons. The normalized spacial score (nSPS) is 20.4. The third-order valence-corrected chi connectivity index (χ3v) is 3.91. The van der Waals surface area contributed by atoms with Crippen molar-refractivity contribution in [3.63, 3.8) is 0 Å². The molecule has 3 aromatic rings. The molecule has 1 fully saturated rings. The number of rotatable bonds is 3. The van der Waals surface area contributed by atoms with Crippen LogP contribution in [0.3, 0.4) is 0 Å². The largest absolute Gasteiger partial charge is 0.356 e. The van der Waals surface area contributed by atoms with E-state index >= 15 is 0 Å². The Labute approximate surface area is 123 Å². The minimum absolute atomic E-state index is 0.0637. The van der Waals surface area contributed by atoms with Gasteiger partial charge in [0.2, 0.25) is 0 Å². The number of ketones is 1. The number of epoxide rings is 1. The standard InChI is InChI=1S/C19H14O2/c20-17(14-7-2-1-3-8-14)19-18(21-19)16-11-10-13-6-4-5-9-15(13)12-16/h1-12,18-19H/t18-,19+/m1/s1. The van der Waals surface area contributed by atoms with Gasteiger partial charge in [0.1, 0.15) is 6.10 Å². The molecule has 1 aliphatic rings. The molecule has 1 heterocycles. The van der Waals surface area contributed by atoms with Crippen LogP contribution in [0.2, 0.25) is 0 Å². The van der Waals surface area contributed by atoms with E-state index in [2.05, 4.69) is 24.3 Å². The zero-order chi connectivity index (χ0) is 14.2. The summed E-state index contributed by atoms with van der Waals surface area (Å²) in [6, 6.07) is 23.8. The summed E-state index contributed by atoms with van der Waals surface area (Å²) in [5, 5.41) is 2.38. The zero-order valence-electron chi connectivity index (χ0n) is 11.4. The molecule has 0 spiro atoms. The molecule has 0 saturated carbocycles. The summed E-state index contributed by atoms with van der Waals surface area (Å²) in [5.41, 5.74) is 1.79. The van der Waals surface area contributed by atoms with Crippen LogP contribution >= 0.6 is 0 Å². The molecule has 0 aliphatic carbocycles. The average Bonchev–Trinajstić information content (AvgIpc) is 3.35. The van der Waals surface area contributed by atoms with E-state index in [4.69, 9.17) is 4.74 Å². The predicted molar refractivity (Wildman–Crippen MR) is 82.3 cm³/mol. The minimum atomic E-state index is -0.339. The fourth-order valence-corrected chi connectivity index (χ4v) is 2.72. The van der Waals surface area contributed by atoms with Crippen molar-refractivity contribution in [1.82, 2.24) is 0 Å². The zero-order valence-corrected chi connectivity index (χ0v) is 11.4. The summed E-state index contributed by atoms with van der Waals surface area (Å²) in [5.74, 6) is 0.0637. The van der Waals surface area contributed by atoms with Crippen LogP contribution in [0.4, 0.5) is 0 Å². The van der Waals surface area contributed by atoms with Gasteiger partial charge < -0.3 is 4.74 Å². The van der Waals surface area contributed by atoms with E-state index < -0.39 is 0 Å². The van der Waals surface area contributed by atoms with E-state index in [-0.39, 0.29) is 18.0 Å². The highest BCUT2D eigenvalue weighted by atomic mass is 16.6. The van der Waals surface area contributed by atoms with Crippen molar-refractivity contribution in [2.24, 2.45) is 0 Å². The monoisotopic (exact) mass is 274 g/mol. The number of hydrogen-bond acceptors (Lipinski definition) is 2. The van der Waals surface area contributed by atoms with Gasteiger partial charge in [-0.1, -0.05) is 66.7 Å². The molecule has 0 amide bonds. The lowest BCUT2D eigenvalue weighted by Gasteiger charge is -2.01. The smallest absolute Gasteiger partial charge is 0.194 e. The topological polar surface area (TPSA) is 29.6 Å². The van der Waals surface area contributed by atoms with Crippen molar-refractivity contribution in [2.45, 2.75) is 12.2 Å². The van der Waals surface area contributed by atoms with Crippen molar-refractivity contribution >= 4 is 16.6 Å². The van der Waals surface area contributed by atoms with E-state index in [0.29, 0.717) is 5.56 Å². The number of carbonyl (C=O) groups excluding carboxylic acids is 1. The highest BCUT2D eigenvalue weighted by Gasteiger charge is 2.46. The Kier molecular flexibility index (Phi) is 2.83. The van der Waals surface area contributed by atoms with Gasteiger partial charge in [0, 0.05) is 5.56 Å². The SMILES string of the molecule is O=C(c1ccccc1)[C@@H]1O[C@@H]1c1ccc2ccccc2c1. The summed E-state index contributed by atoms with van der Waals surface area (Å²) in [4.78, 5) is 12.3. The average molecular weight is 274 g/mol. The van der Waals surface area contributed by atoms with Gasteiger partial charge in [-0.25, -0.2) is 0 Å². The number of benzene rings is 3. The first-order valence-corrected chi connectivity index (χ1v) is 7.06. The third-order valence-electron chi connectivity index (χ3n) is 3.91. The Morgan fingerprint density at radius 1 is 0.810 bits per heavy atom. The van der Waals surface area contributed by atoms with Crippen LogP contribution in [0.1, 0.15) is 22.0 Å². The van der Waals surface area contributed by atoms with Crippen molar-refractivity contribution in [2.75, 3.05) is 0 Å². The summed E-state index contributed by atoms with van der Waals surface area (Å²) in [6.07, 6.45) is -0.448. The van der Waals surface area contributed by atoms with Gasteiger partial charge in [0.15, 0.2) is 11.9 Å². The van der Waals surface area contributed by atoms with Crippen LogP contribution in [0, 0.1) is 0 Å². The number of Topliss-reactive ketones (excluding diaryl/α,β-unsaturated/α-hetero) is 1. The maximum atomic E-state index is 12.3. The van der Waals surface area contributed by atoms with E-state index in [1.807, 2.05) is 48.5 Å². The van der Waals surface area contributed by atoms with Crippen LogP contribution < -0.4 is 0 Å². The van der Waals surface area contributed by atoms with Crippen LogP contribution in [-0.4, -0.2) is 11.9 Å². The van der Waals surface area contributed by atoms with E-state index in [9.17, 15) is 4.79 Å². The molecule has 2 nitrogen and oxygen atoms in total. The summed E-state index contributed by atoms with van der Waals surface area (Å²) < 4.78 is 5.62. The fourth-order valence-electron chi connectivity index (χ4n) is 2.72. The molecule has 3 aromatic carbocycles. The molecule has 21 heavy (non-hydrogen) atoms. The summed E-state index contributed by atoms with van der Waals surface area (Å²) in [6.45, 7) is 0. The Balaban J connectivity index is 1.59. The van der Waals surface area contributed by atoms with Crippen LogP contribution in [0.15, 0.2) is 72.8 Å². The fraction of sp³-hybridized carbons (Fsp3) is 0.105. The first-order chi connectivity index (χ1) is 10.3. The Hall–Kier alpha value is -2.45. The number of carbonyl (C=O) groups is 1. The van der Waals surface area contributed by atoms with Crippen LogP contribution in [0.5, 0.6) is 0 Å². The first-order valence-electron chi connectivity index (χ1n) is 7.06. The van der Waals surface area contributed by atoms with Gasteiger partial charge in [-0.2, -0.15) is 0 Å². The molecule has 0 aromatic heterocycles. The molecular formula is C19H14O2. The maximum Gasteiger partial charge on any atom is 0.194 e. The van der Waals surface area contributed by atoms with Gasteiger partial charge in [0.25, 0.3) is 0 Å². The van der Waals surface area contributed by atoms with Crippen molar-refractivity contribution < 1.29 is 9.53 Å². The Bertz CT molecular complexity index is 808. The number of fused-ring (bicyclic) bond motifs is 1. The van der Waals surface area contributed by atoms with E-state index in [0.717, 1.165) is 5.56 Å². The highest BCUT2D eigenvalue weighted by molar-refractivity contribution is 6.01. The lowest BCUT2D eigenvalue weighted by Crippen LogP contribution is -2.07. The second kappa shape index (κ2) is 4.83. The lowest BCUT2D eigenvalue weighted by atomic mass is 10.0. The van der Waals surface area contributed by atoms with Gasteiger partial charge in [0.05, 0.1) is 0 Å². The van der Waals surface area contributed by atoms with E-state index in [1.54, 1.807) is 0 Å². The molecule has 102 valence electrons. The molecule has 0 bridgehead atoms. The number of ether oxygens (including phenoxy) is 1. The summed E-state index contributed by atoms with van der Waals surface area (Å²) in [7, 11) is 0.